The minimum atomic E-state index is -0.470. The van der Waals surface area contributed by atoms with Crippen molar-refractivity contribution in [2.75, 3.05) is 7.05 Å². The van der Waals surface area contributed by atoms with E-state index in [0.29, 0.717) is 6.42 Å². The van der Waals surface area contributed by atoms with Crippen molar-refractivity contribution in [3.05, 3.63) is 35.4 Å². The zero-order valence-electron chi connectivity index (χ0n) is 7.77. The molecule has 1 aromatic carbocycles. The van der Waals surface area contributed by atoms with Crippen LogP contribution in [0.4, 0.5) is 8.78 Å². The van der Waals surface area contributed by atoms with E-state index in [1.54, 1.807) is 7.05 Å². The normalized spacial score (nSPS) is 12.9. The van der Waals surface area contributed by atoms with Gasteiger partial charge in [0.2, 0.25) is 0 Å². The van der Waals surface area contributed by atoms with Gasteiger partial charge in [0.1, 0.15) is 11.6 Å². The first kappa shape index (κ1) is 10.1. The van der Waals surface area contributed by atoms with Gasteiger partial charge in [-0.1, -0.05) is 6.07 Å². The molecule has 1 N–H and O–H groups in total. The summed E-state index contributed by atoms with van der Waals surface area (Å²) in [4.78, 5) is 0. The van der Waals surface area contributed by atoms with Crippen LogP contribution in [-0.4, -0.2) is 13.1 Å². The lowest BCUT2D eigenvalue weighted by atomic mass is 10.1. The summed E-state index contributed by atoms with van der Waals surface area (Å²) >= 11 is 0. The van der Waals surface area contributed by atoms with E-state index in [-0.39, 0.29) is 11.6 Å². The maximum atomic E-state index is 13.1. The predicted octanol–water partition coefficient (Wildman–Crippen LogP) is 2.12. The summed E-state index contributed by atoms with van der Waals surface area (Å²) in [6.07, 6.45) is 0.370. The van der Waals surface area contributed by atoms with Gasteiger partial charge in [-0.2, -0.15) is 0 Å². The molecule has 13 heavy (non-hydrogen) atoms. The van der Waals surface area contributed by atoms with Crippen LogP contribution >= 0.6 is 0 Å². The van der Waals surface area contributed by atoms with Gasteiger partial charge in [-0.3, -0.25) is 0 Å². The van der Waals surface area contributed by atoms with Gasteiger partial charge in [-0.05, 0) is 32.5 Å². The Hall–Kier alpha value is -0.960. The molecule has 3 heteroatoms. The second kappa shape index (κ2) is 4.33. The van der Waals surface area contributed by atoms with Crippen LogP contribution in [0, 0.1) is 11.6 Å². The Morgan fingerprint density at radius 1 is 1.31 bits per heavy atom. The number of likely N-dealkylation sites (N-methyl/N-ethyl adjacent to an activating group) is 1. The monoisotopic (exact) mass is 185 g/mol. The van der Waals surface area contributed by atoms with E-state index in [1.165, 1.54) is 18.2 Å². The van der Waals surface area contributed by atoms with Crippen molar-refractivity contribution in [3.8, 4) is 0 Å². The molecule has 0 heterocycles. The van der Waals surface area contributed by atoms with Crippen molar-refractivity contribution in [1.82, 2.24) is 5.32 Å². The number of rotatable bonds is 3. The number of hydrogen-bond acceptors (Lipinski definition) is 1. The quantitative estimate of drug-likeness (QED) is 0.760. The smallest absolute Gasteiger partial charge is 0.129 e. The molecule has 0 bridgehead atoms. The fourth-order valence-electron chi connectivity index (χ4n) is 1.14. The molecule has 1 aromatic rings. The van der Waals surface area contributed by atoms with Crippen LogP contribution in [0.1, 0.15) is 12.5 Å². The standard InChI is InChI=1S/C10H13F2N/c1-7(13-2)6-8-9(11)4-3-5-10(8)12/h3-5,7,13H,6H2,1-2H3. The number of benzene rings is 1. The molecule has 1 nitrogen and oxygen atoms in total. The Labute approximate surface area is 76.8 Å². The molecule has 0 spiro atoms. The van der Waals surface area contributed by atoms with Crippen molar-refractivity contribution in [2.24, 2.45) is 0 Å². The largest absolute Gasteiger partial charge is 0.317 e. The topological polar surface area (TPSA) is 12.0 Å². The molecule has 0 aliphatic rings. The van der Waals surface area contributed by atoms with Crippen LogP contribution in [-0.2, 0) is 6.42 Å². The van der Waals surface area contributed by atoms with E-state index in [9.17, 15) is 8.78 Å². The van der Waals surface area contributed by atoms with Crippen LogP contribution in [0.3, 0.4) is 0 Å². The molecular weight excluding hydrogens is 172 g/mol. The van der Waals surface area contributed by atoms with Crippen molar-refractivity contribution in [1.29, 1.82) is 0 Å². The highest BCUT2D eigenvalue weighted by molar-refractivity contribution is 5.20. The van der Waals surface area contributed by atoms with Gasteiger partial charge in [0.25, 0.3) is 0 Å². The summed E-state index contributed by atoms with van der Waals surface area (Å²) in [5, 5.41) is 2.93. The molecule has 1 atom stereocenters. The third kappa shape index (κ3) is 2.49. The number of hydrogen-bond donors (Lipinski definition) is 1. The highest BCUT2D eigenvalue weighted by Crippen LogP contribution is 2.13. The van der Waals surface area contributed by atoms with E-state index < -0.39 is 11.6 Å². The summed E-state index contributed by atoms with van der Waals surface area (Å²) in [5.41, 5.74) is 0.157. The molecule has 0 aliphatic heterocycles. The fourth-order valence-corrected chi connectivity index (χ4v) is 1.14. The Bertz CT molecular complexity index is 266. The highest BCUT2D eigenvalue weighted by Gasteiger charge is 2.10. The van der Waals surface area contributed by atoms with Crippen molar-refractivity contribution < 1.29 is 8.78 Å². The summed E-state index contributed by atoms with van der Waals surface area (Å²) in [6.45, 7) is 1.88. The zero-order valence-corrected chi connectivity index (χ0v) is 7.77. The first-order chi connectivity index (χ1) is 6.15. The number of nitrogens with one attached hydrogen (secondary N) is 1. The molecule has 0 fully saturated rings. The molecule has 0 saturated carbocycles. The van der Waals surface area contributed by atoms with Gasteiger partial charge < -0.3 is 5.32 Å². The predicted molar refractivity (Wildman–Crippen MR) is 48.6 cm³/mol. The molecule has 1 rings (SSSR count). The Balaban J connectivity index is 2.87. The summed E-state index contributed by atoms with van der Waals surface area (Å²) < 4.78 is 26.2. The van der Waals surface area contributed by atoms with E-state index >= 15 is 0 Å². The maximum absolute atomic E-state index is 13.1. The molecule has 0 saturated heterocycles. The second-order valence-electron chi connectivity index (χ2n) is 3.09. The van der Waals surface area contributed by atoms with Gasteiger partial charge >= 0.3 is 0 Å². The third-order valence-electron chi connectivity index (χ3n) is 2.06. The third-order valence-corrected chi connectivity index (χ3v) is 2.06. The average molecular weight is 185 g/mol. The fraction of sp³-hybridized carbons (Fsp3) is 0.400. The van der Waals surface area contributed by atoms with Crippen LogP contribution in [0.2, 0.25) is 0 Å². The van der Waals surface area contributed by atoms with Gasteiger partial charge in [-0.15, -0.1) is 0 Å². The van der Waals surface area contributed by atoms with Gasteiger partial charge in [0.05, 0.1) is 0 Å². The first-order valence-corrected chi connectivity index (χ1v) is 4.25. The lowest BCUT2D eigenvalue weighted by Gasteiger charge is -2.11. The summed E-state index contributed by atoms with van der Waals surface area (Å²) in [7, 11) is 1.77. The van der Waals surface area contributed by atoms with E-state index in [0.717, 1.165) is 0 Å². The molecule has 0 radical (unpaired) electrons. The van der Waals surface area contributed by atoms with Crippen LogP contribution in [0.15, 0.2) is 18.2 Å². The van der Waals surface area contributed by atoms with E-state index in [1.807, 2.05) is 6.92 Å². The SMILES string of the molecule is CNC(C)Cc1c(F)cccc1F. The molecular formula is C10H13F2N. The molecule has 1 unspecified atom stereocenters. The Morgan fingerprint density at radius 2 is 1.85 bits per heavy atom. The van der Waals surface area contributed by atoms with E-state index in [2.05, 4.69) is 5.32 Å². The van der Waals surface area contributed by atoms with Crippen LogP contribution in [0.25, 0.3) is 0 Å². The average Bonchev–Trinajstić information content (AvgIpc) is 2.11. The van der Waals surface area contributed by atoms with Crippen molar-refractivity contribution >= 4 is 0 Å². The maximum Gasteiger partial charge on any atom is 0.129 e. The molecule has 0 aromatic heterocycles. The first-order valence-electron chi connectivity index (χ1n) is 4.25. The van der Waals surface area contributed by atoms with E-state index in [4.69, 9.17) is 0 Å². The molecule has 0 amide bonds. The zero-order chi connectivity index (χ0) is 9.84. The van der Waals surface area contributed by atoms with Crippen molar-refractivity contribution in [3.63, 3.8) is 0 Å². The minimum Gasteiger partial charge on any atom is -0.317 e. The van der Waals surface area contributed by atoms with Gasteiger partial charge in [-0.25, -0.2) is 8.78 Å². The highest BCUT2D eigenvalue weighted by atomic mass is 19.1. The van der Waals surface area contributed by atoms with Gasteiger partial charge in [0.15, 0.2) is 0 Å². The molecule has 72 valence electrons. The summed E-state index contributed by atoms with van der Waals surface area (Å²) in [6, 6.07) is 4.01. The minimum absolute atomic E-state index is 0.0754. The van der Waals surface area contributed by atoms with Crippen molar-refractivity contribution in [2.45, 2.75) is 19.4 Å². The van der Waals surface area contributed by atoms with Crippen LogP contribution < -0.4 is 5.32 Å². The lowest BCUT2D eigenvalue weighted by Crippen LogP contribution is -2.24. The Morgan fingerprint density at radius 3 is 2.31 bits per heavy atom. The summed E-state index contributed by atoms with van der Waals surface area (Å²) in [5.74, 6) is -0.941. The number of halogens is 2. The second-order valence-corrected chi connectivity index (χ2v) is 3.09. The Kier molecular flexibility index (Phi) is 3.37. The van der Waals surface area contributed by atoms with Gasteiger partial charge in [0, 0.05) is 11.6 Å². The molecule has 0 aliphatic carbocycles. The van der Waals surface area contributed by atoms with Crippen LogP contribution in [0.5, 0.6) is 0 Å². The lowest BCUT2D eigenvalue weighted by molar-refractivity contribution is 0.522.